The topological polar surface area (TPSA) is 80.9 Å². The molecule has 0 spiro atoms. The first kappa shape index (κ1) is 10.6. The van der Waals surface area contributed by atoms with Crippen LogP contribution in [-0.4, -0.2) is 49.8 Å². The molecular formula is C6H13O4S2+. The third kappa shape index (κ3) is 2.27. The van der Waals surface area contributed by atoms with E-state index in [2.05, 4.69) is 0 Å². The number of aliphatic hydroxyl groups excluding tert-OH is 4. The maximum Gasteiger partial charge on any atom is 0.232 e. The Morgan fingerprint density at radius 1 is 1.33 bits per heavy atom. The molecule has 0 bridgehead atoms. The molecule has 72 valence electrons. The summed E-state index contributed by atoms with van der Waals surface area (Å²) in [6.45, 7) is -0.109. The average molecular weight is 213 g/mol. The lowest BCUT2D eigenvalue weighted by molar-refractivity contribution is 0.0970. The molecule has 1 aliphatic rings. The lowest BCUT2D eigenvalue weighted by Gasteiger charge is -2.26. The second-order valence-corrected chi connectivity index (χ2v) is 6.81. The Hall–Kier alpha value is 0.540. The molecule has 6 heteroatoms. The smallest absolute Gasteiger partial charge is 0.232 e. The van der Waals surface area contributed by atoms with Crippen molar-refractivity contribution in [3.8, 4) is 0 Å². The molecule has 4 nitrogen and oxygen atoms in total. The van der Waals surface area contributed by atoms with Crippen LogP contribution < -0.4 is 0 Å². The van der Waals surface area contributed by atoms with Crippen molar-refractivity contribution in [3.63, 3.8) is 0 Å². The Labute approximate surface area is 77.3 Å². The van der Waals surface area contributed by atoms with Crippen LogP contribution in [0, 0.1) is 0 Å². The van der Waals surface area contributed by atoms with E-state index in [4.69, 9.17) is 10.2 Å². The molecule has 0 aliphatic carbocycles. The van der Waals surface area contributed by atoms with Gasteiger partial charge in [0.1, 0.15) is 26.0 Å². The van der Waals surface area contributed by atoms with Crippen LogP contribution in [0.4, 0.5) is 0 Å². The first-order valence-electron chi connectivity index (χ1n) is 3.63. The third-order valence-electron chi connectivity index (χ3n) is 1.73. The van der Waals surface area contributed by atoms with Crippen LogP contribution in [0.15, 0.2) is 0 Å². The number of hydrogen-bond donors (Lipinski definition) is 4. The lowest BCUT2D eigenvalue weighted by atomic mass is 10.2. The third-order valence-corrected chi connectivity index (χ3v) is 6.21. The summed E-state index contributed by atoms with van der Waals surface area (Å²) in [5.74, 6) is -0.0882. The van der Waals surface area contributed by atoms with Crippen LogP contribution >= 0.6 is 10.8 Å². The fourth-order valence-corrected chi connectivity index (χ4v) is 4.73. The molecule has 1 rings (SSSR count). The van der Waals surface area contributed by atoms with Gasteiger partial charge in [0.25, 0.3) is 0 Å². The van der Waals surface area contributed by atoms with E-state index >= 15 is 0 Å². The van der Waals surface area contributed by atoms with Crippen molar-refractivity contribution < 1.29 is 20.4 Å². The average Bonchev–Trinajstić information content (AvgIpc) is 2.05. The molecule has 1 aliphatic heterocycles. The minimum Gasteiger partial charge on any atom is -0.395 e. The zero-order valence-electron chi connectivity index (χ0n) is 6.46. The zero-order valence-corrected chi connectivity index (χ0v) is 8.09. The van der Waals surface area contributed by atoms with Gasteiger partial charge in [-0.05, 0) is 0 Å². The molecule has 4 atom stereocenters. The van der Waals surface area contributed by atoms with Crippen LogP contribution in [0.3, 0.4) is 0 Å². The lowest BCUT2D eigenvalue weighted by Crippen LogP contribution is -2.40. The van der Waals surface area contributed by atoms with Gasteiger partial charge in [-0.1, -0.05) is 0 Å². The molecule has 0 aromatic carbocycles. The van der Waals surface area contributed by atoms with Gasteiger partial charge in [-0.2, -0.15) is 0 Å². The number of rotatable bonds is 2. The summed E-state index contributed by atoms with van der Waals surface area (Å²) in [6.07, 6.45) is -0.410. The van der Waals surface area contributed by atoms with Crippen molar-refractivity contribution in [2.45, 2.75) is 23.2 Å². The Balaban J connectivity index is 2.50. The second-order valence-electron chi connectivity index (χ2n) is 2.58. The Morgan fingerprint density at radius 3 is 2.50 bits per heavy atom. The summed E-state index contributed by atoms with van der Waals surface area (Å²) in [4.78, 5) is 0. The summed E-state index contributed by atoms with van der Waals surface area (Å²) in [7, 11) is 0.736. The van der Waals surface area contributed by atoms with Crippen LogP contribution in [0.1, 0.15) is 6.42 Å². The van der Waals surface area contributed by atoms with Gasteiger partial charge in [-0.15, -0.1) is 0 Å². The quantitative estimate of drug-likeness (QED) is 0.337. The fraction of sp³-hybridized carbons (Fsp3) is 1.00. The van der Waals surface area contributed by atoms with Crippen molar-refractivity contribution in [1.82, 2.24) is 0 Å². The van der Waals surface area contributed by atoms with Gasteiger partial charge in [0.15, 0.2) is 0 Å². The minimum absolute atomic E-state index is 0.0882. The zero-order chi connectivity index (χ0) is 9.14. The molecule has 1 saturated heterocycles. The van der Waals surface area contributed by atoms with E-state index in [1.807, 2.05) is 0 Å². The van der Waals surface area contributed by atoms with Gasteiger partial charge in [0, 0.05) is 6.42 Å². The Kier molecular flexibility index (Phi) is 4.15. The van der Waals surface area contributed by atoms with Gasteiger partial charge >= 0.3 is 0 Å². The molecule has 1 heterocycles. The Bertz CT molecular complexity index is 132. The molecule has 0 saturated carbocycles. The monoisotopic (exact) mass is 213 g/mol. The van der Waals surface area contributed by atoms with Crippen LogP contribution in [-0.2, 0) is 9.93 Å². The summed E-state index contributed by atoms with van der Waals surface area (Å²) < 4.78 is 0. The summed E-state index contributed by atoms with van der Waals surface area (Å²) >= 11 is 0. The first-order chi connectivity index (χ1) is 5.69. The van der Waals surface area contributed by atoms with Crippen molar-refractivity contribution in [2.24, 2.45) is 0 Å². The maximum absolute atomic E-state index is 9.34. The van der Waals surface area contributed by atoms with E-state index < -0.39 is 21.5 Å². The van der Waals surface area contributed by atoms with Gasteiger partial charge in [0.2, 0.25) is 11.4 Å². The largest absolute Gasteiger partial charge is 0.395 e. The highest BCUT2D eigenvalue weighted by molar-refractivity contribution is 8.74. The summed E-state index contributed by atoms with van der Waals surface area (Å²) in [5.41, 5.74) is -0.641. The summed E-state index contributed by atoms with van der Waals surface area (Å²) in [6, 6.07) is 0. The van der Waals surface area contributed by atoms with Crippen LogP contribution in [0.5, 0.6) is 0 Å². The van der Waals surface area contributed by atoms with E-state index in [9.17, 15) is 10.2 Å². The highest BCUT2D eigenvalue weighted by atomic mass is 33.1. The van der Waals surface area contributed by atoms with Crippen molar-refractivity contribution in [2.75, 3.05) is 12.5 Å². The van der Waals surface area contributed by atoms with Crippen LogP contribution in [0.2, 0.25) is 0 Å². The fourth-order valence-electron chi connectivity index (χ4n) is 1.02. The van der Waals surface area contributed by atoms with E-state index in [1.54, 1.807) is 0 Å². The molecule has 0 aromatic heterocycles. The van der Waals surface area contributed by atoms with Crippen molar-refractivity contribution in [1.29, 1.82) is 0 Å². The molecule has 4 N–H and O–H groups in total. The number of aliphatic hydroxyl groups is 4. The molecule has 0 radical (unpaired) electrons. The maximum atomic E-state index is 9.34. The molecule has 0 aromatic rings. The Morgan fingerprint density at radius 2 is 2.00 bits per heavy atom. The molecular weight excluding hydrogens is 200 g/mol. The predicted octanol–water partition coefficient (Wildman–Crippen LogP) is -1.35. The molecule has 4 unspecified atom stereocenters. The highest BCUT2D eigenvalue weighted by Gasteiger charge is 2.43. The normalized spacial score (nSPS) is 43.0. The molecule has 0 amide bonds. The summed E-state index contributed by atoms with van der Waals surface area (Å²) in [5, 5.41) is 36.1. The van der Waals surface area contributed by atoms with E-state index in [-0.39, 0.29) is 24.2 Å². The van der Waals surface area contributed by atoms with Crippen molar-refractivity contribution >= 4 is 20.7 Å². The highest BCUT2D eigenvalue weighted by Crippen LogP contribution is 2.35. The number of hydrogen-bond acceptors (Lipinski definition) is 5. The van der Waals surface area contributed by atoms with E-state index in [0.717, 1.165) is 0 Å². The molecule has 1 fully saturated rings. The van der Waals surface area contributed by atoms with Gasteiger partial charge in [0.05, 0.1) is 12.7 Å². The second kappa shape index (κ2) is 4.69. The van der Waals surface area contributed by atoms with Gasteiger partial charge in [-0.25, -0.2) is 0 Å². The van der Waals surface area contributed by atoms with Crippen LogP contribution in [0.25, 0.3) is 0 Å². The standard InChI is InChI=1S/C6H13O4S2/c7-2-5-4(9)1-6(10)12(3-8)11-5/h4-10H,1-3H2/q+1. The first-order valence-corrected chi connectivity index (χ1v) is 6.49. The van der Waals surface area contributed by atoms with Gasteiger partial charge < -0.3 is 20.4 Å². The van der Waals surface area contributed by atoms with E-state index in [0.29, 0.717) is 0 Å². The predicted molar refractivity (Wildman–Crippen MR) is 49.5 cm³/mol. The van der Waals surface area contributed by atoms with E-state index in [1.165, 1.54) is 10.8 Å². The SMILES string of the molecule is OCC1S[S+](CO)C(O)CC1O. The van der Waals surface area contributed by atoms with Crippen molar-refractivity contribution in [3.05, 3.63) is 0 Å². The molecule has 12 heavy (non-hydrogen) atoms. The van der Waals surface area contributed by atoms with Gasteiger partial charge in [-0.3, -0.25) is 0 Å². The minimum atomic E-state index is -0.662.